The van der Waals surface area contributed by atoms with E-state index in [2.05, 4.69) is 15.1 Å². The summed E-state index contributed by atoms with van der Waals surface area (Å²) in [5.41, 5.74) is 0.829. The quantitative estimate of drug-likeness (QED) is 0.809. The Labute approximate surface area is 87.8 Å². The highest BCUT2D eigenvalue weighted by Gasteiger charge is 2.10. The van der Waals surface area contributed by atoms with Gasteiger partial charge in [-0.25, -0.2) is 4.98 Å². The van der Waals surface area contributed by atoms with Gasteiger partial charge in [0.1, 0.15) is 0 Å². The van der Waals surface area contributed by atoms with Gasteiger partial charge in [0, 0.05) is 12.5 Å². The van der Waals surface area contributed by atoms with Gasteiger partial charge in [0.2, 0.25) is 5.88 Å². The Kier molecular flexibility index (Phi) is 2.30. The molecule has 2 aromatic rings. The van der Waals surface area contributed by atoms with Gasteiger partial charge < -0.3 is 5.11 Å². The molecule has 0 aliphatic carbocycles. The SMILES string of the molecule is CCc1nc2nc(C(C)C)cc(O)n2n1. The maximum Gasteiger partial charge on any atom is 0.255 e. The molecule has 0 radical (unpaired) electrons. The fourth-order valence-corrected chi connectivity index (χ4v) is 1.36. The molecule has 1 N–H and O–H groups in total. The van der Waals surface area contributed by atoms with Gasteiger partial charge >= 0.3 is 0 Å². The van der Waals surface area contributed by atoms with Crippen LogP contribution in [0.1, 0.15) is 38.2 Å². The molecule has 0 aliphatic rings. The van der Waals surface area contributed by atoms with E-state index in [0.717, 1.165) is 12.1 Å². The van der Waals surface area contributed by atoms with E-state index in [1.165, 1.54) is 4.52 Å². The molecule has 5 nitrogen and oxygen atoms in total. The van der Waals surface area contributed by atoms with Gasteiger partial charge in [-0.2, -0.15) is 9.50 Å². The lowest BCUT2D eigenvalue weighted by Crippen LogP contribution is -1.98. The summed E-state index contributed by atoms with van der Waals surface area (Å²) >= 11 is 0. The third-order valence-corrected chi connectivity index (χ3v) is 2.26. The van der Waals surface area contributed by atoms with Gasteiger partial charge in [-0.3, -0.25) is 0 Å². The number of aromatic nitrogens is 4. The number of hydrogen-bond acceptors (Lipinski definition) is 4. The molecule has 5 heteroatoms. The fraction of sp³-hybridized carbons (Fsp3) is 0.500. The third kappa shape index (κ3) is 1.65. The summed E-state index contributed by atoms with van der Waals surface area (Å²) in [6.07, 6.45) is 0.736. The van der Waals surface area contributed by atoms with E-state index in [1.807, 2.05) is 20.8 Å². The maximum atomic E-state index is 9.73. The van der Waals surface area contributed by atoms with Gasteiger partial charge in [0.25, 0.3) is 5.78 Å². The molecule has 0 unspecified atom stereocenters. The Bertz CT molecular complexity index is 489. The largest absolute Gasteiger partial charge is 0.493 e. The molecule has 15 heavy (non-hydrogen) atoms. The van der Waals surface area contributed by atoms with Crippen molar-refractivity contribution in [3.63, 3.8) is 0 Å². The summed E-state index contributed by atoms with van der Waals surface area (Å²) in [5.74, 6) is 1.52. The molecule has 2 rings (SSSR count). The zero-order valence-electron chi connectivity index (χ0n) is 9.10. The van der Waals surface area contributed by atoms with Crippen molar-refractivity contribution in [2.45, 2.75) is 33.1 Å². The number of aromatic hydroxyl groups is 1. The number of nitrogens with zero attached hydrogens (tertiary/aromatic N) is 4. The molecule has 80 valence electrons. The van der Waals surface area contributed by atoms with Crippen LogP contribution in [0.15, 0.2) is 6.07 Å². The highest BCUT2D eigenvalue weighted by molar-refractivity contribution is 5.34. The van der Waals surface area contributed by atoms with Crippen molar-refractivity contribution in [1.29, 1.82) is 0 Å². The number of aryl methyl sites for hydroxylation is 1. The first-order chi connectivity index (χ1) is 7.11. The summed E-state index contributed by atoms with van der Waals surface area (Å²) in [4.78, 5) is 8.55. The van der Waals surface area contributed by atoms with E-state index >= 15 is 0 Å². The molecule has 0 spiro atoms. The van der Waals surface area contributed by atoms with E-state index in [9.17, 15) is 5.11 Å². The lowest BCUT2D eigenvalue weighted by atomic mass is 10.1. The average Bonchev–Trinajstić information content (AvgIpc) is 2.61. The molecule has 0 aromatic carbocycles. The number of hydrogen-bond donors (Lipinski definition) is 1. The zero-order valence-corrected chi connectivity index (χ0v) is 9.10. The van der Waals surface area contributed by atoms with Crippen molar-refractivity contribution in [2.24, 2.45) is 0 Å². The van der Waals surface area contributed by atoms with Crippen LogP contribution in [0.4, 0.5) is 0 Å². The second-order valence-corrected chi connectivity index (χ2v) is 3.79. The molecule has 2 heterocycles. The van der Waals surface area contributed by atoms with E-state index in [4.69, 9.17) is 0 Å². The number of fused-ring (bicyclic) bond motifs is 1. The summed E-state index contributed by atoms with van der Waals surface area (Å²) in [7, 11) is 0. The van der Waals surface area contributed by atoms with Crippen molar-refractivity contribution in [2.75, 3.05) is 0 Å². The highest BCUT2D eigenvalue weighted by atomic mass is 16.3. The standard InChI is InChI=1S/C10H14N4O/c1-4-8-12-10-11-7(6(2)3)5-9(15)14(10)13-8/h5-6,15H,4H2,1-3H3. The predicted octanol–water partition coefficient (Wildman–Crippen LogP) is 1.52. The molecule has 0 atom stereocenters. The molecular weight excluding hydrogens is 192 g/mol. The average molecular weight is 206 g/mol. The van der Waals surface area contributed by atoms with Gasteiger partial charge in [-0.1, -0.05) is 20.8 Å². The van der Waals surface area contributed by atoms with Crippen LogP contribution >= 0.6 is 0 Å². The molecule has 0 bridgehead atoms. The van der Waals surface area contributed by atoms with Crippen molar-refractivity contribution in [3.8, 4) is 5.88 Å². The summed E-state index contributed by atoms with van der Waals surface area (Å²) in [5, 5.41) is 13.9. The van der Waals surface area contributed by atoms with Gasteiger partial charge in [0.05, 0.1) is 5.69 Å². The van der Waals surface area contributed by atoms with Crippen LogP contribution in [0.25, 0.3) is 5.78 Å². The normalized spacial score (nSPS) is 11.5. The minimum Gasteiger partial charge on any atom is -0.493 e. The predicted molar refractivity (Wildman–Crippen MR) is 55.9 cm³/mol. The van der Waals surface area contributed by atoms with Crippen LogP contribution in [-0.4, -0.2) is 24.7 Å². The van der Waals surface area contributed by atoms with Crippen LogP contribution in [0.5, 0.6) is 5.88 Å². The number of rotatable bonds is 2. The molecule has 0 saturated carbocycles. The van der Waals surface area contributed by atoms with E-state index in [1.54, 1.807) is 6.07 Å². The van der Waals surface area contributed by atoms with Crippen LogP contribution in [0.3, 0.4) is 0 Å². The Balaban J connectivity index is 2.65. The topological polar surface area (TPSA) is 63.3 Å². The van der Waals surface area contributed by atoms with E-state index in [0.29, 0.717) is 11.6 Å². The summed E-state index contributed by atoms with van der Waals surface area (Å²) in [6.45, 7) is 6.01. The molecular formula is C10H14N4O. The van der Waals surface area contributed by atoms with Gasteiger partial charge in [-0.15, -0.1) is 5.10 Å². The minimum atomic E-state index is 0.0934. The third-order valence-electron chi connectivity index (χ3n) is 2.26. The van der Waals surface area contributed by atoms with Crippen LogP contribution in [-0.2, 0) is 6.42 Å². The van der Waals surface area contributed by atoms with Crippen molar-refractivity contribution in [3.05, 3.63) is 17.6 Å². The van der Waals surface area contributed by atoms with Gasteiger partial charge in [-0.05, 0) is 5.92 Å². The van der Waals surface area contributed by atoms with Crippen LogP contribution < -0.4 is 0 Å². The second-order valence-electron chi connectivity index (χ2n) is 3.79. The van der Waals surface area contributed by atoms with Crippen molar-refractivity contribution < 1.29 is 5.11 Å². The Morgan fingerprint density at radius 2 is 2.13 bits per heavy atom. The molecule has 0 fully saturated rings. The monoisotopic (exact) mass is 206 g/mol. The van der Waals surface area contributed by atoms with Crippen LogP contribution in [0, 0.1) is 0 Å². The first-order valence-electron chi connectivity index (χ1n) is 5.07. The maximum absolute atomic E-state index is 9.73. The summed E-state index contributed by atoms with van der Waals surface area (Å²) < 4.78 is 1.37. The van der Waals surface area contributed by atoms with Crippen molar-refractivity contribution >= 4 is 5.78 Å². The molecule has 0 saturated heterocycles. The van der Waals surface area contributed by atoms with Crippen LogP contribution in [0.2, 0.25) is 0 Å². The zero-order chi connectivity index (χ0) is 11.0. The molecule has 0 aliphatic heterocycles. The first-order valence-corrected chi connectivity index (χ1v) is 5.07. The summed E-state index contributed by atoms with van der Waals surface area (Å²) in [6, 6.07) is 1.63. The Hall–Kier alpha value is -1.65. The lowest BCUT2D eigenvalue weighted by molar-refractivity contribution is 0.432. The van der Waals surface area contributed by atoms with E-state index < -0.39 is 0 Å². The van der Waals surface area contributed by atoms with E-state index in [-0.39, 0.29) is 11.8 Å². The lowest BCUT2D eigenvalue weighted by Gasteiger charge is -2.04. The molecule has 0 amide bonds. The fourth-order valence-electron chi connectivity index (χ4n) is 1.36. The van der Waals surface area contributed by atoms with Gasteiger partial charge in [0.15, 0.2) is 5.82 Å². The molecule has 2 aromatic heterocycles. The highest BCUT2D eigenvalue weighted by Crippen LogP contribution is 2.18. The van der Waals surface area contributed by atoms with Crippen molar-refractivity contribution in [1.82, 2.24) is 19.6 Å². The Morgan fingerprint density at radius 3 is 2.73 bits per heavy atom. The minimum absolute atomic E-state index is 0.0934. The first kappa shape index (κ1) is 9.89. The smallest absolute Gasteiger partial charge is 0.255 e. The second kappa shape index (κ2) is 3.49. The Morgan fingerprint density at radius 1 is 1.40 bits per heavy atom.